The second-order valence-electron chi connectivity index (χ2n) is 5.36. The number of furan rings is 1. The summed E-state index contributed by atoms with van der Waals surface area (Å²) in [6.07, 6.45) is 4.43. The highest BCUT2D eigenvalue weighted by atomic mass is 35.5. The van der Waals surface area contributed by atoms with Crippen LogP contribution in [0.1, 0.15) is 10.6 Å². The first-order valence-electron chi connectivity index (χ1n) is 7.36. The Hall–Kier alpha value is -0.630. The molecule has 0 radical (unpaired) electrons. The van der Waals surface area contributed by atoms with E-state index in [4.69, 9.17) is 33.4 Å². The summed E-state index contributed by atoms with van der Waals surface area (Å²) in [5.74, 6) is 1.74. The number of nitrogens with two attached hydrogens (primary N) is 1. The molecule has 3 rings (SSSR count). The van der Waals surface area contributed by atoms with Crippen LogP contribution in [0.15, 0.2) is 28.9 Å². The molecule has 3 aromatic heterocycles. The van der Waals surface area contributed by atoms with Gasteiger partial charge in [-0.25, -0.2) is 4.98 Å². The van der Waals surface area contributed by atoms with Crippen LogP contribution in [0, 0.1) is 0 Å². The standard InChI is InChI=1S/C16H17Cl2N3OS2.ClH/c1-23-8-9(19)5-12-14(18)15-16(24-12)11(6-13(17)21-15)20-7-10-3-2-4-22-10;/h2-4,6,9H,5,7-8,19H2,1H3,(H,20,21);1H/t9-;/m1./s1. The zero-order chi connectivity index (χ0) is 17.1. The zero-order valence-corrected chi connectivity index (χ0v) is 17.4. The Morgan fingerprint density at radius 3 is 2.92 bits per heavy atom. The molecule has 0 unspecified atom stereocenters. The van der Waals surface area contributed by atoms with Gasteiger partial charge in [0, 0.05) is 22.7 Å². The molecule has 0 bridgehead atoms. The number of pyridine rings is 1. The average molecular weight is 439 g/mol. The summed E-state index contributed by atoms with van der Waals surface area (Å²) < 4.78 is 6.34. The van der Waals surface area contributed by atoms with Crippen LogP contribution in [-0.2, 0) is 13.0 Å². The predicted octanol–water partition coefficient (Wildman–Crippen LogP) is 5.46. The summed E-state index contributed by atoms with van der Waals surface area (Å²) in [6, 6.07) is 5.66. The molecule has 136 valence electrons. The van der Waals surface area contributed by atoms with E-state index in [2.05, 4.69) is 10.3 Å². The van der Waals surface area contributed by atoms with Crippen molar-refractivity contribution in [2.75, 3.05) is 17.3 Å². The third kappa shape index (κ3) is 4.96. The fourth-order valence-electron chi connectivity index (χ4n) is 2.42. The van der Waals surface area contributed by atoms with Crippen LogP contribution >= 0.6 is 58.7 Å². The van der Waals surface area contributed by atoms with Crippen LogP contribution in [0.5, 0.6) is 0 Å². The van der Waals surface area contributed by atoms with Crippen molar-refractivity contribution < 1.29 is 4.42 Å². The molecule has 4 nitrogen and oxygen atoms in total. The molecule has 0 amide bonds. The first kappa shape index (κ1) is 20.7. The van der Waals surface area contributed by atoms with Gasteiger partial charge < -0.3 is 15.5 Å². The van der Waals surface area contributed by atoms with E-state index in [0.717, 1.165) is 38.7 Å². The van der Waals surface area contributed by atoms with E-state index in [1.54, 1.807) is 29.4 Å². The van der Waals surface area contributed by atoms with Crippen LogP contribution in [0.4, 0.5) is 5.69 Å². The van der Waals surface area contributed by atoms with E-state index in [0.29, 0.717) is 16.7 Å². The molecule has 3 heterocycles. The Balaban J connectivity index is 0.00000225. The Labute approximate surface area is 170 Å². The number of nitrogens with zero attached hydrogens (tertiary/aromatic N) is 1. The molecule has 1 atom stereocenters. The monoisotopic (exact) mass is 437 g/mol. The van der Waals surface area contributed by atoms with Crippen molar-refractivity contribution in [3.05, 3.63) is 45.3 Å². The van der Waals surface area contributed by atoms with Gasteiger partial charge in [0.05, 0.1) is 28.2 Å². The summed E-state index contributed by atoms with van der Waals surface area (Å²) in [4.78, 5) is 5.43. The molecule has 9 heteroatoms. The third-order valence-corrected chi connectivity index (χ3v) is 6.19. The van der Waals surface area contributed by atoms with Gasteiger partial charge >= 0.3 is 0 Å². The van der Waals surface area contributed by atoms with Gasteiger partial charge in [0.25, 0.3) is 0 Å². The van der Waals surface area contributed by atoms with Gasteiger partial charge in [0.1, 0.15) is 16.4 Å². The lowest BCUT2D eigenvalue weighted by Crippen LogP contribution is -2.25. The second kappa shape index (κ2) is 9.35. The lowest BCUT2D eigenvalue weighted by atomic mass is 10.2. The quantitative estimate of drug-likeness (QED) is 0.479. The topological polar surface area (TPSA) is 64.1 Å². The SMILES string of the molecule is CSC[C@H](N)Cc1sc2c(NCc3ccco3)cc(Cl)nc2c1Cl.Cl. The van der Waals surface area contributed by atoms with Crippen LogP contribution in [-0.4, -0.2) is 23.0 Å². The number of hydrogen-bond donors (Lipinski definition) is 2. The van der Waals surface area contributed by atoms with Gasteiger partial charge in [0.2, 0.25) is 0 Å². The molecular formula is C16H18Cl3N3OS2. The zero-order valence-electron chi connectivity index (χ0n) is 13.4. The minimum absolute atomic E-state index is 0. The summed E-state index contributed by atoms with van der Waals surface area (Å²) in [5, 5.41) is 4.40. The minimum Gasteiger partial charge on any atom is -0.467 e. The molecule has 3 aromatic rings. The molecule has 0 aromatic carbocycles. The molecular weight excluding hydrogens is 421 g/mol. The molecule has 0 saturated heterocycles. The van der Waals surface area contributed by atoms with Crippen LogP contribution < -0.4 is 11.1 Å². The van der Waals surface area contributed by atoms with E-state index < -0.39 is 0 Å². The molecule has 0 aliphatic carbocycles. The highest BCUT2D eigenvalue weighted by Crippen LogP contribution is 2.40. The number of aromatic nitrogens is 1. The molecule has 0 fully saturated rings. The van der Waals surface area contributed by atoms with Crippen molar-refractivity contribution in [3.8, 4) is 0 Å². The van der Waals surface area contributed by atoms with Crippen molar-refractivity contribution in [1.29, 1.82) is 0 Å². The highest BCUT2D eigenvalue weighted by Gasteiger charge is 2.18. The number of anilines is 1. The fourth-order valence-corrected chi connectivity index (χ4v) is 4.76. The van der Waals surface area contributed by atoms with Crippen LogP contribution in [0.25, 0.3) is 10.2 Å². The maximum Gasteiger partial charge on any atom is 0.131 e. The molecule has 0 aliphatic heterocycles. The van der Waals surface area contributed by atoms with Crippen molar-refractivity contribution in [3.63, 3.8) is 0 Å². The number of halogens is 3. The number of hydrogen-bond acceptors (Lipinski definition) is 6. The van der Waals surface area contributed by atoms with Crippen molar-refractivity contribution in [2.24, 2.45) is 5.73 Å². The number of nitrogens with one attached hydrogen (secondary N) is 1. The third-order valence-electron chi connectivity index (χ3n) is 3.48. The summed E-state index contributed by atoms with van der Waals surface area (Å²) in [5.41, 5.74) is 7.78. The minimum atomic E-state index is 0. The number of thiophene rings is 1. The van der Waals surface area contributed by atoms with Crippen LogP contribution in [0.3, 0.4) is 0 Å². The first-order chi connectivity index (χ1) is 11.6. The van der Waals surface area contributed by atoms with Gasteiger partial charge in [-0.3, -0.25) is 0 Å². The van der Waals surface area contributed by atoms with E-state index in [-0.39, 0.29) is 18.4 Å². The number of rotatable bonds is 7. The molecule has 0 saturated carbocycles. The average Bonchev–Trinajstić information content (AvgIpc) is 3.15. The molecule has 0 spiro atoms. The summed E-state index contributed by atoms with van der Waals surface area (Å²) in [7, 11) is 0. The summed E-state index contributed by atoms with van der Waals surface area (Å²) in [6.45, 7) is 0.569. The van der Waals surface area contributed by atoms with Crippen molar-refractivity contribution in [1.82, 2.24) is 4.98 Å². The molecule has 0 aliphatic rings. The van der Waals surface area contributed by atoms with Gasteiger partial charge in [-0.15, -0.1) is 23.7 Å². The van der Waals surface area contributed by atoms with E-state index >= 15 is 0 Å². The van der Waals surface area contributed by atoms with Crippen molar-refractivity contribution >= 4 is 74.6 Å². The van der Waals surface area contributed by atoms with E-state index in [1.165, 1.54) is 0 Å². The Morgan fingerprint density at radius 1 is 1.44 bits per heavy atom. The van der Waals surface area contributed by atoms with Crippen molar-refractivity contribution in [2.45, 2.75) is 19.0 Å². The van der Waals surface area contributed by atoms with E-state index in [9.17, 15) is 0 Å². The van der Waals surface area contributed by atoms with E-state index in [1.807, 2.05) is 24.5 Å². The lowest BCUT2D eigenvalue weighted by Gasteiger charge is -2.07. The maximum atomic E-state index is 6.53. The molecule has 3 N–H and O–H groups in total. The second-order valence-corrected chi connectivity index (χ2v) is 8.14. The van der Waals surface area contributed by atoms with Gasteiger partial charge in [-0.1, -0.05) is 23.2 Å². The smallest absolute Gasteiger partial charge is 0.131 e. The largest absolute Gasteiger partial charge is 0.467 e. The number of fused-ring (bicyclic) bond motifs is 1. The van der Waals surface area contributed by atoms with Crippen LogP contribution in [0.2, 0.25) is 10.2 Å². The molecule has 25 heavy (non-hydrogen) atoms. The predicted molar refractivity (Wildman–Crippen MR) is 113 cm³/mol. The van der Waals surface area contributed by atoms with Gasteiger partial charge in [-0.05, 0) is 24.8 Å². The van der Waals surface area contributed by atoms with Gasteiger partial charge in [0.15, 0.2) is 0 Å². The Kier molecular flexibility index (Phi) is 7.73. The summed E-state index contributed by atoms with van der Waals surface area (Å²) >= 11 is 16.0. The van der Waals surface area contributed by atoms with Gasteiger partial charge in [-0.2, -0.15) is 11.8 Å². The first-order valence-corrected chi connectivity index (χ1v) is 10.3. The highest BCUT2D eigenvalue weighted by molar-refractivity contribution is 7.98. The Bertz CT molecular complexity index is 824. The normalized spacial score (nSPS) is 12.2. The Morgan fingerprint density at radius 2 is 2.24 bits per heavy atom. The maximum absolute atomic E-state index is 6.53. The number of thioether (sulfide) groups is 1. The lowest BCUT2D eigenvalue weighted by molar-refractivity contribution is 0.518. The fraction of sp³-hybridized carbons (Fsp3) is 0.312.